The van der Waals surface area contributed by atoms with Gasteiger partial charge in [-0.2, -0.15) is 0 Å². The number of rotatable bonds is 7. The molecule has 26 heavy (non-hydrogen) atoms. The van der Waals surface area contributed by atoms with Gasteiger partial charge in [-0.3, -0.25) is 14.6 Å². The number of benzene rings is 1. The van der Waals surface area contributed by atoms with Gasteiger partial charge in [0.2, 0.25) is 0 Å². The summed E-state index contributed by atoms with van der Waals surface area (Å²) in [6, 6.07) is 5.59. The van der Waals surface area contributed by atoms with Crippen LogP contribution in [0.25, 0.3) is 0 Å². The third kappa shape index (κ3) is 5.13. The van der Waals surface area contributed by atoms with Crippen molar-refractivity contribution in [1.82, 2.24) is 10.3 Å². The zero-order valence-corrected chi connectivity index (χ0v) is 15.7. The van der Waals surface area contributed by atoms with Crippen molar-refractivity contribution >= 4 is 17.5 Å². The molecule has 0 fully saturated rings. The number of nitrogens with zero attached hydrogens (tertiary/aromatic N) is 1. The second kappa shape index (κ2) is 9.10. The smallest absolute Gasteiger partial charge is 0.257 e. The van der Waals surface area contributed by atoms with Crippen LogP contribution in [-0.4, -0.2) is 37.1 Å². The molecule has 0 saturated carbocycles. The Balaban J connectivity index is 2.10. The number of pyridine rings is 1. The quantitative estimate of drug-likeness (QED) is 0.748. The third-order valence-electron chi connectivity index (χ3n) is 3.99. The fraction of sp³-hybridized carbons (Fsp3) is 0.350. The van der Waals surface area contributed by atoms with Crippen LogP contribution in [0, 0.1) is 20.8 Å². The minimum absolute atomic E-state index is 0.258. The highest BCUT2D eigenvalue weighted by atomic mass is 16.5. The van der Waals surface area contributed by atoms with E-state index in [2.05, 4.69) is 15.6 Å². The van der Waals surface area contributed by atoms with E-state index >= 15 is 0 Å². The Hall–Kier alpha value is -2.73. The molecule has 1 aromatic carbocycles. The first-order valence-electron chi connectivity index (χ1n) is 8.53. The van der Waals surface area contributed by atoms with Crippen molar-refractivity contribution < 1.29 is 14.3 Å². The highest BCUT2D eigenvalue weighted by molar-refractivity contribution is 6.06. The van der Waals surface area contributed by atoms with Crippen molar-refractivity contribution in [3.8, 4) is 0 Å². The molecule has 138 valence electrons. The Morgan fingerprint density at radius 1 is 1.00 bits per heavy atom. The van der Waals surface area contributed by atoms with Gasteiger partial charge in [-0.15, -0.1) is 0 Å². The SMILES string of the molecule is COCCCNC(=O)c1cncc(C(=O)Nc2c(C)cc(C)cc2C)c1. The van der Waals surface area contributed by atoms with Crippen LogP contribution in [0.3, 0.4) is 0 Å². The summed E-state index contributed by atoms with van der Waals surface area (Å²) in [4.78, 5) is 28.8. The first kappa shape index (κ1) is 19.6. The maximum Gasteiger partial charge on any atom is 0.257 e. The lowest BCUT2D eigenvalue weighted by atomic mass is 10.0. The molecule has 0 aliphatic carbocycles. The molecule has 6 nitrogen and oxygen atoms in total. The van der Waals surface area contributed by atoms with Crippen LogP contribution >= 0.6 is 0 Å². The van der Waals surface area contributed by atoms with Gasteiger partial charge < -0.3 is 15.4 Å². The fourth-order valence-electron chi connectivity index (χ4n) is 2.77. The van der Waals surface area contributed by atoms with Crippen molar-refractivity contribution in [2.75, 3.05) is 25.6 Å². The molecular weight excluding hydrogens is 330 g/mol. The van der Waals surface area contributed by atoms with Crippen molar-refractivity contribution in [2.24, 2.45) is 0 Å². The van der Waals surface area contributed by atoms with E-state index in [9.17, 15) is 9.59 Å². The number of aryl methyl sites for hydroxylation is 3. The standard InChI is InChI=1S/C20H25N3O3/c1-13-8-14(2)18(15(3)9-13)23-20(25)17-10-16(11-21-12-17)19(24)22-6-5-7-26-4/h8-12H,5-7H2,1-4H3,(H,22,24)(H,23,25). The molecule has 0 spiro atoms. The predicted octanol–water partition coefficient (Wildman–Crippen LogP) is 3.03. The van der Waals surface area contributed by atoms with E-state index < -0.39 is 0 Å². The zero-order chi connectivity index (χ0) is 19.1. The molecule has 0 bridgehead atoms. The Bertz CT molecular complexity index is 780. The molecule has 2 aromatic rings. The fourth-order valence-corrected chi connectivity index (χ4v) is 2.77. The molecule has 0 radical (unpaired) electrons. The van der Waals surface area contributed by atoms with Gasteiger partial charge in [0.05, 0.1) is 11.1 Å². The topological polar surface area (TPSA) is 80.3 Å². The van der Waals surface area contributed by atoms with Crippen LogP contribution < -0.4 is 10.6 Å². The highest BCUT2D eigenvalue weighted by Crippen LogP contribution is 2.22. The normalized spacial score (nSPS) is 10.5. The van der Waals surface area contributed by atoms with Crippen LogP contribution in [0.1, 0.15) is 43.8 Å². The van der Waals surface area contributed by atoms with E-state index in [0.29, 0.717) is 24.3 Å². The monoisotopic (exact) mass is 355 g/mol. The minimum Gasteiger partial charge on any atom is -0.385 e. The van der Waals surface area contributed by atoms with Gasteiger partial charge in [-0.25, -0.2) is 0 Å². The first-order chi connectivity index (χ1) is 12.4. The number of ether oxygens (including phenoxy) is 1. The molecule has 0 unspecified atom stereocenters. The average molecular weight is 355 g/mol. The van der Waals surface area contributed by atoms with Crippen molar-refractivity contribution in [3.05, 3.63) is 58.4 Å². The molecule has 1 heterocycles. The number of methoxy groups -OCH3 is 1. The van der Waals surface area contributed by atoms with Crippen molar-refractivity contribution in [1.29, 1.82) is 0 Å². The molecule has 0 saturated heterocycles. The van der Waals surface area contributed by atoms with Gasteiger partial charge in [-0.1, -0.05) is 17.7 Å². The summed E-state index contributed by atoms with van der Waals surface area (Å²) in [6.45, 7) is 7.01. The van der Waals surface area contributed by atoms with Crippen LogP contribution in [0.15, 0.2) is 30.6 Å². The number of amides is 2. The Morgan fingerprint density at radius 2 is 1.62 bits per heavy atom. The van der Waals surface area contributed by atoms with Gasteiger partial charge in [-0.05, 0) is 44.4 Å². The zero-order valence-electron chi connectivity index (χ0n) is 15.7. The highest BCUT2D eigenvalue weighted by Gasteiger charge is 2.13. The summed E-state index contributed by atoms with van der Waals surface area (Å²) in [7, 11) is 1.62. The van der Waals surface area contributed by atoms with E-state index in [0.717, 1.165) is 28.8 Å². The van der Waals surface area contributed by atoms with Gasteiger partial charge in [0.25, 0.3) is 11.8 Å². The largest absolute Gasteiger partial charge is 0.385 e. The number of hydrogen-bond donors (Lipinski definition) is 2. The summed E-state index contributed by atoms with van der Waals surface area (Å²) in [5.41, 5.74) is 4.62. The molecule has 1 aromatic heterocycles. The van der Waals surface area contributed by atoms with E-state index in [1.165, 1.54) is 12.4 Å². The Labute approximate surface area is 154 Å². The summed E-state index contributed by atoms with van der Waals surface area (Å²) in [6.07, 6.45) is 3.63. The Kier molecular flexibility index (Phi) is 6.86. The molecule has 2 amide bonds. The molecule has 0 atom stereocenters. The van der Waals surface area contributed by atoms with E-state index in [4.69, 9.17) is 4.74 Å². The molecule has 2 rings (SSSR count). The molecular formula is C20H25N3O3. The Morgan fingerprint density at radius 3 is 2.23 bits per heavy atom. The number of carbonyl (C=O) groups is 2. The molecule has 0 aliphatic rings. The van der Waals surface area contributed by atoms with Crippen molar-refractivity contribution in [2.45, 2.75) is 27.2 Å². The van der Waals surface area contributed by atoms with Gasteiger partial charge in [0.15, 0.2) is 0 Å². The number of hydrogen-bond acceptors (Lipinski definition) is 4. The predicted molar refractivity (Wildman–Crippen MR) is 102 cm³/mol. The number of aromatic nitrogens is 1. The average Bonchev–Trinajstić information content (AvgIpc) is 2.61. The first-order valence-corrected chi connectivity index (χ1v) is 8.53. The number of nitrogens with one attached hydrogen (secondary N) is 2. The summed E-state index contributed by atoms with van der Waals surface area (Å²) in [5.74, 6) is -0.549. The van der Waals surface area contributed by atoms with Gasteiger partial charge in [0, 0.05) is 38.3 Å². The third-order valence-corrected chi connectivity index (χ3v) is 3.99. The second-order valence-electron chi connectivity index (χ2n) is 6.29. The summed E-state index contributed by atoms with van der Waals surface area (Å²) < 4.78 is 4.95. The van der Waals surface area contributed by atoms with E-state index in [1.54, 1.807) is 13.2 Å². The minimum atomic E-state index is -0.290. The molecule has 2 N–H and O–H groups in total. The molecule has 6 heteroatoms. The van der Waals surface area contributed by atoms with Gasteiger partial charge in [0.1, 0.15) is 0 Å². The van der Waals surface area contributed by atoms with Gasteiger partial charge >= 0.3 is 0 Å². The van der Waals surface area contributed by atoms with Crippen LogP contribution in [0.2, 0.25) is 0 Å². The lowest BCUT2D eigenvalue weighted by Gasteiger charge is -2.13. The maximum atomic E-state index is 12.6. The van der Waals surface area contributed by atoms with E-state index in [-0.39, 0.29) is 11.8 Å². The lowest BCUT2D eigenvalue weighted by molar-refractivity contribution is 0.0948. The van der Waals surface area contributed by atoms with Crippen molar-refractivity contribution in [3.63, 3.8) is 0 Å². The van der Waals surface area contributed by atoms with E-state index in [1.807, 2.05) is 32.9 Å². The second-order valence-corrected chi connectivity index (χ2v) is 6.29. The number of anilines is 1. The summed E-state index contributed by atoms with van der Waals surface area (Å²) >= 11 is 0. The lowest BCUT2D eigenvalue weighted by Crippen LogP contribution is -2.26. The number of carbonyl (C=O) groups excluding carboxylic acids is 2. The summed E-state index contributed by atoms with van der Waals surface area (Å²) in [5, 5.41) is 5.70. The van der Waals surface area contributed by atoms with Crippen LogP contribution in [0.5, 0.6) is 0 Å². The van der Waals surface area contributed by atoms with Crippen LogP contribution in [0.4, 0.5) is 5.69 Å². The molecule has 0 aliphatic heterocycles. The maximum absolute atomic E-state index is 12.6. The van der Waals surface area contributed by atoms with Crippen LogP contribution in [-0.2, 0) is 4.74 Å².